The highest BCUT2D eigenvalue weighted by atomic mass is 16.3. The Hall–Kier alpha value is -2.36. The van der Waals surface area contributed by atoms with Crippen molar-refractivity contribution in [2.45, 2.75) is 0 Å². The summed E-state index contributed by atoms with van der Waals surface area (Å²) in [4.78, 5) is 11.1. The summed E-state index contributed by atoms with van der Waals surface area (Å²) in [5.41, 5.74) is 0.645. The van der Waals surface area contributed by atoms with Crippen LogP contribution < -0.4 is 5.43 Å². The minimum atomic E-state index is 0.00634. The maximum Gasteiger partial charge on any atom is 0.192 e. The molecule has 2 aromatic heterocycles. The Kier molecular flexibility index (Phi) is 3.13. The Labute approximate surface area is 91.5 Å². The van der Waals surface area contributed by atoms with Crippen molar-refractivity contribution in [3.8, 4) is 0 Å². The van der Waals surface area contributed by atoms with Crippen LogP contribution in [0.15, 0.2) is 64.3 Å². The van der Waals surface area contributed by atoms with Crippen LogP contribution in [0, 0.1) is 0 Å². The van der Waals surface area contributed by atoms with Gasteiger partial charge < -0.3 is 4.42 Å². The van der Waals surface area contributed by atoms with E-state index in [0.717, 1.165) is 0 Å². The molecule has 0 fully saturated rings. The van der Waals surface area contributed by atoms with Gasteiger partial charge in [-0.1, -0.05) is 12.1 Å². The van der Waals surface area contributed by atoms with E-state index < -0.39 is 0 Å². The Balaban J connectivity index is 0.000000162. The fourth-order valence-electron chi connectivity index (χ4n) is 1.25. The van der Waals surface area contributed by atoms with Crippen LogP contribution in [0.4, 0.5) is 0 Å². The molecule has 1 aromatic carbocycles. The molecule has 0 aliphatic carbocycles. The SMILES string of the molecule is O=c1ccoc2ccccc12.c1cn[nH]c1. The van der Waals surface area contributed by atoms with Crippen molar-refractivity contribution in [1.82, 2.24) is 10.2 Å². The molecule has 0 saturated carbocycles. The van der Waals surface area contributed by atoms with Crippen LogP contribution in [0.1, 0.15) is 0 Å². The number of fused-ring (bicyclic) bond motifs is 1. The number of benzene rings is 1. The van der Waals surface area contributed by atoms with E-state index in [1.807, 2.05) is 18.2 Å². The first-order chi connectivity index (χ1) is 7.88. The predicted octanol–water partition coefficient (Wildman–Crippen LogP) is 2.20. The summed E-state index contributed by atoms with van der Waals surface area (Å²) < 4.78 is 5.09. The fourth-order valence-corrected chi connectivity index (χ4v) is 1.25. The van der Waals surface area contributed by atoms with Crippen LogP contribution in [0.2, 0.25) is 0 Å². The van der Waals surface area contributed by atoms with E-state index in [1.54, 1.807) is 24.5 Å². The number of H-pyrrole nitrogens is 1. The van der Waals surface area contributed by atoms with Crippen molar-refractivity contribution in [2.24, 2.45) is 0 Å². The highest BCUT2D eigenvalue weighted by molar-refractivity contribution is 5.75. The molecular weight excluding hydrogens is 204 g/mol. The highest BCUT2D eigenvalue weighted by Gasteiger charge is 1.95. The zero-order chi connectivity index (χ0) is 11.2. The molecule has 16 heavy (non-hydrogen) atoms. The monoisotopic (exact) mass is 214 g/mol. The van der Waals surface area contributed by atoms with Crippen molar-refractivity contribution < 1.29 is 4.42 Å². The van der Waals surface area contributed by atoms with Crippen LogP contribution in [-0.2, 0) is 0 Å². The van der Waals surface area contributed by atoms with Gasteiger partial charge in [0.15, 0.2) is 5.43 Å². The van der Waals surface area contributed by atoms with Crippen molar-refractivity contribution in [1.29, 1.82) is 0 Å². The molecule has 0 spiro atoms. The van der Waals surface area contributed by atoms with Crippen LogP contribution >= 0.6 is 0 Å². The van der Waals surface area contributed by atoms with Gasteiger partial charge in [-0.25, -0.2) is 0 Å². The maximum atomic E-state index is 11.1. The quantitative estimate of drug-likeness (QED) is 0.624. The lowest BCUT2D eigenvalue weighted by Gasteiger charge is -1.91. The molecule has 0 aliphatic heterocycles. The van der Waals surface area contributed by atoms with E-state index in [0.29, 0.717) is 11.0 Å². The molecule has 3 rings (SSSR count). The summed E-state index contributed by atoms with van der Waals surface area (Å²) >= 11 is 0. The molecule has 0 aliphatic rings. The molecule has 0 bridgehead atoms. The van der Waals surface area contributed by atoms with Crippen LogP contribution in [0.25, 0.3) is 11.0 Å². The van der Waals surface area contributed by atoms with Crippen LogP contribution in [0.3, 0.4) is 0 Å². The van der Waals surface area contributed by atoms with E-state index in [1.165, 1.54) is 12.3 Å². The number of para-hydroxylation sites is 1. The zero-order valence-corrected chi connectivity index (χ0v) is 8.46. The largest absolute Gasteiger partial charge is 0.464 e. The number of hydrogen-bond donors (Lipinski definition) is 1. The number of aromatic nitrogens is 2. The molecule has 0 unspecified atom stereocenters. The van der Waals surface area contributed by atoms with Gasteiger partial charge in [-0.05, 0) is 18.2 Å². The van der Waals surface area contributed by atoms with Gasteiger partial charge in [0, 0.05) is 18.5 Å². The minimum absolute atomic E-state index is 0.00634. The second kappa shape index (κ2) is 4.93. The third-order valence-corrected chi connectivity index (χ3v) is 1.97. The van der Waals surface area contributed by atoms with Crippen LogP contribution in [-0.4, -0.2) is 10.2 Å². The van der Waals surface area contributed by atoms with E-state index >= 15 is 0 Å². The Bertz CT molecular complexity index is 577. The normalized spacial score (nSPS) is 9.50. The number of aromatic amines is 1. The van der Waals surface area contributed by atoms with Gasteiger partial charge in [-0.15, -0.1) is 0 Å². The topological polar surface area (TPSA) is 58.9 Å². The molecule has 0 amide bonds. The summed E-state index contributed by atoms with van der Waals surface area (Å²) in [7, 11) is 0. The average molecular weight is 214 g/mol. The van der Waals surface area contributed by atoms with Gasteiger partial charge in [-0.2, -0.15) is 5.10 Å². The van der Waals surface area contributed by atoms with Gasteiger partial charge >= 0.3 is 0 Å². The second-order valence-electron chi connectivity index (χ2n) is 3.05. The number of nitrogens with zero attached hydrogens (tertiary/aromatic N) is 1. The summed E-state index contributed by atoms with van der Waals surface area (Å²) in [6.07, 6.45) is 4.87. The third-order valence-electron chi connectivity index (χ3n) is 1.97. The van der Waals surface area contributed by atoms with Crippen molar-refractivity contribution in [3.63, 3.8) is 0 Å². The number of rotatable bonds is 0. The Morgan fingerprint density at radius 2 is 2.00 bits per heavy atom. The van der Waals surface area contributed by atoms with E-state index in [9.17, 15) is 4.79 Å². The van der Waals surface area contributed by atoms with Gasteiger partial charge in [0.2, 0.25) is 0 Å². The van der Waals surface area contributed by atoms with Gasteiger partial charge in [0.1, 0.15) is 5.58 Å². The summed E-state index contributed by atoms with van der Waals surface area (Å²) in [5, 5.41) is 6.84. The molecule has 0 radical (unpaired) electrons. The van der Waals surface area contributed by atoms with Gasteiger partial charge in [-0.3, -0.25) is 9.89 Å². The first-order valence-corrected chi connectivity index (χ1v) is 4.78. The lowest BCUT2D eigenvalue weighted by atomic mass is 10.2. The number of nitrogens with one attached hydrogen (secondary N) is 1. The molecule has 4 nitrogen and oxygen atoms in total. The summed E-state index contributed by atoms with van der Waals surface area (Å²) in [6.45, 7) is 0. The van der Waals surface area contributed by atoms with Crippen molar-refractivity contribution >= 4 is 11.0 Å². The third kappa shape index (κ3) is 2.36. The standard InChI is InChI=1S/C9H6O2.C3H4N2/c10-8-5-6-11-9-4-2-1-3-7(8)9;1-2-4-5-3-1/h1-6H;1-3H,(H,4,5). The molecule has 80 valence electrons. The average Bonchev–Trinajstić information content (AvgIpc) is 2.88. The number of hydrogen-bond acceptors (Lipinski definition) is 3. The molecule has 1 N–H and O–H groups in total. The molecular formula is C12H10N2O2. The zero-order valence-electron chi connectivity index (χ0n) is 8.46. The van der Waals surface area contributed by atoms with E-state index in [-0.39, 0.29) is 5.43 Å². The summed E-state index contributed by atoms with van der Waals surface area (Å²) in [6, 6.07) is 10.4. The maximum absolute atomic E-state index is 11.1. The second-order valence-corrected chi connectivity index (χ2v) is 3.05. The van der Waals surface area contributed by atoms with Crippen molar-refractivity contribution in [2.75, 3.05) is 0 Å². The first-order valence-electron chi connectivity index (χ1n) is 4.78. The molecule has 0 saturated heterocycles. The van der Waals surface area contributed by atoms with Crippen molar-refractivity contribution in [3.05, 3.63) is 65.3 Å². The van der Waals surface area contributed by atoms with E-state index in [2.05, 4.69) is 10.2 Å². The van der Waals surface area contributed by atoms with E-state index in [4.69, 9.17) is 4.42 Å². The van der Waals surface area contributed by atoms with Crippen LogP contribution in [0.5, 0.6) is 0 Å². The van der Waals surface area contributed by atoms with Gasteiger partial charge in [0.25, 0.3) is 0 Å². The Morgan fingerprint density at radius 1 is 1.12 bits per heavy atom. The lowest BCUT2D eigenvalue weighted by Crippen LogP contribution is -1.96. The first kappa shape index (κ1) is 10.2. The minimum Gasteiger partial charge on any atom is -0.464 e. The molecule has 4 heteroatoms. The smallest absolute Gasteiger partial charge is 0.192 e. The Morgan fingerprint density at radius 3 is 2.62 bits per heavy atom. The fraction of sp³-hybridized carbons (Fsp3) is 0. The predicted molar refractivity (Wildman–Crippen MR) is 61.1 cm³/mol. The summed E-state index contributed by atoms with van der Waals surface area (Å²) in [5.74, 6) is 0. The highest BCUT2D eigenvalue weighted by Crippen LogP contribution is 2.06. The molecule has 2 heterocycles. The molecule has 0 atom stereocenters. The molecule has 3 aromatic rings. The van der Waals surface area contributed by atoms with Gasteiger partial charge in [0.05, 0.1) is 11.6 Å². The lowest BCUT2D eigenvalue weighted by molar-refractivity contribution is 0.602.